The van der Waals surface area contributed by atoms with Crippen molar-refractivity contribution in [2.24, 2.45) is 0 Å². The number of halogens is 3. The minimum Gasteiger partial charge on any atom is -0.497 e. The van der Waals surface area contributed by atoms with Gasteiger partial charge in [-0.05, 0) is 25.1 Å². The number of rotatable bonds is 4. The van der Waals surface area contributed by atoms with Crippen LogP contribution in [0.3, 0.4) is 0 Å². The Balaban J connectivity index is 2.17. The molecule has 0 aliphatic heterocycles. The van der Waals surface area contributed by atoms with Crippen molar-refractivity contribution in [1.82, 2.24) is 5.32 Å². The molecule has 2 aromatic rings. The van der Waals surface area contributed by atoms with Gasteiger partial charge in [-0.15, -0.1) is 0 Å². The van der Waals surface area contributed by atoms with E-state index in [4.69, 9.17) is 4.74 Å². The average Bonchev–Trinajstić information content (AvgIpc) is 2.46. The van der Waals surface area contributed by atoms with Gasteiger partial charge in [0, 0.05) is 17.7 Å². The van der Waals surface area contributed by atoms with Crippen LogP contribution >= 0.6 is 0 Å². The van der Waals surface area contributed by atoms with Crippen molar-refractivity contribution >= 4 is 5.91 Å². The Bertz CT molecular complexity index is 704. The Hall–Kier alpha value is -2.50. The van der Waals surface area contributed by atoms with Gasteiger partial charge in [-0.1, -0.05) is 6.07 Å². The fraction of sp³-hybridized carbons (Fsp3) is 0.188. The lowest BCUT2D eigenvalue weighted by atomic mass is 10.1. The molecular formula is C16H14F3NO2. The third-order valence-electron chi connectivity index (χ3n) is 3.20. The minimum absolute atomic E-state index is 0.115. The highest BCUT2D eigenvalue weighted by Gasteiger charge is 2.18. The molecule has 0 spiro atoms. The summed E-state index contributed by atoms with van der Waals surface area (Å²) in [5.74, 6) is -2.64. The van der Waals surface area contributed by atoms with Gasteiger partial charge < -0.3 is 10.1 Å². The summed E-state index contributed by atoms with van der Waals surface area (Å²) >= 11 is 0. The van der Waals surface area contributed by atoms with Crippen molar-refractivity contribution in [3.8, 4) is 5.75 Å². The van der Waals surface area contributed by atoms with Gasteiger partial charge >= 0.3 is 0 Å². The molecule has 1 amide bonds. The second kappa shape index (κ2) is 6.51. The highest BCUT2D eigenvalue weighted by atomic mass is 19.1. The second-order valence-electron chi connectivity index (χ2n) is 4.71. The number of carbonyl (C=O) groups excluding carboxylic acids is 1. The van der Waals surface area contributed by atoms with E-state index >= 15 is 0 Å². The fourth-order valence-corrected chi connectivity index (χ4v) is 2.01. The van der Waals surface area contributed by atoms with E-state index in [0.29, 0.717) is 0 Å². The Morgan fingerprint density at radius 1 is 1.09 bits per heavy atom. The lowest BCUT2D eigenvalue weighted by Crippen LogP contribution is -2.28. The molecule has 6 heteroatoms. The first-order chi connectivity index (χ1) is 10.4. The van der Waals surface area contributed by atoms with Gasteiger partial charge in [-0.25, -0.2) is 13.2 Å². The second-order valence-corrected chi connectivity index (χ2v) is 4.71. The zero-order valence-electron chi connectivity index (χ0n) is 12.0. The summed E-state index contributed by atoms with van der Waals surface area (Å²) in [5, 5.41) is 2.47. The topological polar surface area (TPSA) is 38.3 Å². The summed E-state index contributed by atoms with van der Waals surface area (Å²) in [6, 6.07) is 6.12. The number of carbonyl (C=O) groups is 1. The Morgan fingerprint density at radius 2 is 1.82 bits per heavy atom. The zero-order valence-corrected chi connectivity index (χ0v) is 12.0. The van der Waals surface area contributed by atoms with Gasteiger partial charge in [0.15, 0.2) is 0 Å². The van der Waals surface area contributed by atoms with Crippen LogP contribution in [0.5, 0.6) is 5.75 Å². The van der Waals surface area contributed by atoms with Crippen molar-refractivity contribution in [3.05, 3.63) is 65.0 Å². The van der Waals surface area contributed by atoms with Gasteiger partial charge in [0.1, 0.15) is 23.2 Å². The largest absolute Gasteiger partial charge is 0.497 e. The van der Waals surface area contributed by atoms with Crippen LogP contribution in [0.1, 0.15) is 28.9 Å². The third kappa shape index (κ3) is 3.39. The molecule has 3 nitrogen and oxygen atoms in total. The molecule has 1 atom stereocenters. The highest BCUT2D eigenvalue weighted by molar-refractivity contribution is 5.94. The maximum Gasteiger partial charge on any atom is 0.254 e. The molecule has 116 valence electrons. The van der Waals surface area contributed by atoms with E-state index in [0.717, 1.165) is 18.2 Å². The summed E-state index contributed by atoms with van der Waals surface area (Å²) in [6.45, 7) is 1.52. The Labute approximate surface area is 125 Å². The van der Waals surface area contributed by atoms with E-state index in [1.807, 2.05) is 0 Å². The van der Waals surface area contributed by atoms with Crippen LogP contribution in [0.4, 0.5) is 13.2 Å². The standard InChI is InChI=1S/C16H14F3NO2/c1-9(12-5-3-10(17)7-14(12)18)20-16(21)13-6-4-11(22-2)8-15(13)19/h3-9H,1-2H3,(H,20,21). The van der Waals surface area contributed by atoms with Gasteiger partial charge in [-0.3, -0.25) is 4.79 Å². The number of hydrogen-bond donors (Lipinski definition) is 1. The van der Waals surface area contributed by atoms with E-state index in [2.05, 4.69) is 5.32 Å². The monoisotopic (exact) mass is 309 g/mol. The van der Waals surface area contributed by atoms with E-state index in [9.17, 15) is 18.0 Å². The van der Waals surface area contributed by atoms with Crippen LogP contribution in [0.15, 0.2) is 36.4 Å². The van der Waals surface area contributed by atoms with Gasteiger partial charge in [0.05, 0.1) is 18.7 Å². The van der Waals surface area contributed by atoms with Crippen molar-refractivity contribution in [2.75, 3.05) is 7.11 Å². The maximum atomic E-state index is 13.8. The molecule has 2 rings (SSSR count). The summed E-state index contributed by atoms with van der Waals surface area (Å²) in [5.41, 5.74) is -0.0705. The first kappa shape index (κ1) is 15.9. The van der Waals surface area contributed by atoms with Crippen molar-refractivity contribution < 1.29 is 22.7 Å². The first-order valence-electron chi connectivity index (χ1n) is 6.51. The van der Waals surface area contributed by atoms with Gasteiger partial charge in [0.25, 0.3) is 5.91 Å². The molecule has 1 N–H and O–H groups in total. The molecule has 2 aromatic carbocycles. The third-order valence-corrected chi connectivity index (χ3v) is 3.20. The van der Waals surface area contributed by atoms with Crippen molar-refractivity contribution in [2.45, 2.75) is 13.0 Å². The van der Waals surface area contributed by atoms with Crippen LogP contribution in [-0.2, 0) is 0 Å². The minimum atomic E-state index is -0.775. The van der Waals surface area contributed by atoms with E-state index in [-0.39, 0.29) is 16.9 Å². The fourth-order valence-electron chi connectivity index (χ4n) is 2.01. The number of ether oxygens (including phenoxy) is 1. The van der Waals surface area contributed by atoms with E-state index in [1.165, 1.54) is 32.2 Å². The summed E-state index contributed by atoms with van der Waals surface area (Å²) < 4.78 is 45.2. The van der Waals surface area contributed by atoms with Crippen LogP contribution in [-0.4, -0.2) is 13.0 Å². The van der Waals surface area contributed by atoms with Crippen molar-refractivity contribution in [1.29, 1.82) is 0 Å². The van der Waals surface area contributed by atoms with Crippen LogP contribution in [0, 0.1) is 17.5 Å². The lowest BCUT2D eigenvalue weighted by molar-refractivity contribution is 0.0935. The maximum absolute atomic E-state index is 13.8. The summed E-state index contributed by atoms with van der Waals surface area (Å²) in [6.07, 6.45) is 0. The van der Waals surface area contributed by atoms with Crippen molar-refractivity contribution in [3.63, 3.8) is 0 Å². The van der Waals surface area contributed by atoms with Crippen LogP contribution < -0.4 is 10.1 Å². The molecule has 0 radical (unpaired) electrons. The molecule has 0 saturated heterocycles. The lowest BCUT2D eigenvalue weighted by Gasteiger charge is -2.15. The number of methoxy groups -OCH3 is 1. The first-order valence-corrected chi connectivity index (χ1v) is 6.51. The quantitative estimate of drug-likeness (QED) is 0.937. The predicted octanol–water partition coefficient (Wildman–Crippen LogP) is 3.60. The van der Waals surface area contributed by atoms with E-state index in [1.54, 1.807) is 0 Å². The molecule has 1 unspecified atom stereocenters. The highest BCUT2D eigenvalue weighted by Crippen LogP contribution is 2.20. The molecule has 22 heavy (non-hydrogen) atoms. The van der Waals surface area contributed by atoms with Crippen LogP contribution in [0.2, 0.25) is 0 Å². The van der Waals surface area contributed by atoms with Crippen LogP contribution in [0.25, 0.3) is 0 Å². The molecule has 0 aliphatic carbocycles. The Kier molecular flexibility index (Phi) is 4.70. The number of benzene rings is 2. The normalized spacial score (nSPS) is 11.9. The molecule has 0 bridgehead atoms. The molecule has 0 heterocycles. The molecule has 0 fully saturated rings. The molecule has 0 aromatic heterocycles. The number of amides is 1. The summed E-state index contributed by atoms with van der Waals surface area (Å²) in [7, 11) is 1.38. The number of nitrogens with one attached hydrogen (secondary N) is 1. The molecular weight excluding hydrogens is 295 g/mol. The zero-order chi connectivity index (χ0) is 16.3. The molecule has 0 aliphatic rings. The van der Waals surface area contributed by atoms with Gasteiger partial charge in [0.2, 0.25) is 0 Å². The predicted molar refractivity (Wildman–Crippen MR) is 75.2 cm³/mol. The molecule has 0 saturated carbocycles. The SMILES string of the molecule is COc1ccc(C(=O)NC(C)c2ccc(F)cc2F)c(F)c1. The Morgan fingerprint density at radius 3 is 2.41 bits per heavy atom. The van der Waals surface area contributed by atoms with E-state index < -0.39 is 29.4 Å². The number of hydrogen-bond acceptors (Lipinski definition) is 2. The van der Waals surface area contributed by atoms with Gasteiger partial charge in [-0.2, -0.15) is 0 Å². The smallest absolute Gasteiger partial charge is 0.254 e. The summed E-state index contributed by atoms with van der Waals surface area (Å²) in [4.78, 5) is 12.0. The average molecular weight is 309 g/mol.